The van der Waals surface area contributed by atoms with E-state index in [2.05, 4.69) is 28.4 Å². The first-order valence-electron chi connectivity index (χ1n) is 7.74. The number of nitrogens with two attached hydrogens (primary N) is 1. The molecule has 5 heteroatoms. The number of nitrogens with zero attached hydrogens (tertiary/aromatic N) is 3. The number of likely N-dealkylation sites (N-methyl/N-ethyl adjacent to an activating group) is 1. The summed E-state index contributed by atoms with van der Waals surface area (Å²) in [4.78, 5) is 6.66. The molecule has 0 bridgehead atoms. The molecule has 0 saturated carbocycles. The molecule has 2 unspecified atom stereocenters. The summed E-state index contributed by atoms with van der Waals surface area (Å²) in [6.45, 7) is 6.66. The van der Waals surface area contributed by atoms with Crippen LogP contribution in [0.25, 0.3) is 0 Å². The molecule has 2 heterocycles. The van der Waals surface area contributed by atoms with E-state index >= 15 is 0 Å². The minimum Gasteiger partial charge on any atom is -0.381 e. The van der Waals surface area contributed by atoms with Crippen LogP contribution in [0.3, 0.4) is 0 Å². The van der Waals surface area contributed by atoms with Crippen LogP contribution < -0.4 is 5.73 Å². The van der Waals surface area contributed by atoms with Gasteiger partial charge in [0.1, 0.15) is 0 Å². The Bertz CT molecular complexity index is 387. The van der Waals surface area contributed by atoms with Gasteiger partial charge in [-0.2, -0.15) is 0 Å². The fourth-order valence-corrected chi connectivity index (χ4v) is 3.05. The van der Waals surface area contributed by atoms with E-state index in [1.807, 2.05) is 12.5 Å². The average molecular weight is 280 g/mol. The zero-order chi connectivity index (χ0) is 14.4. The van der Waals surface area contributed by atoms with Crippen LogP contribution in [0.1, 0.15) is 37.9 Å². The highest BCUT2D eigenvalue weighted by molar-refractivity contribution is 5.06. The Balaban J connectivity index is 2.00. The number of imidazole rings is 1. The van der Waals surface area contributed by atoms with Gasteiger partial charge in [-0.05, 0) is 32.2 Å². The van der Waals surface area contributed by atoms with Crippen molar-refractivity contribution in [1.29, 1.82) is 0 Å². The molecule has 1 aliphatic heterocycles. The van der Waals surface area contributed by atoms with Crippen molar-refractivity contribution in [2.24, 2.45) is 11.7 Å². The van der Waals surface area contributed by atoms with Crippen LogP contribution in [0.4, 0.5) is 0 Å². The van der Waals surface area contributed by atoms with Crippen molar-refractivity contribution in [3.8, 4) is 0 Å². The van der Waals surface area contributed by atoms with Crippen LogP contribution in [-0.2, 0) is 11.3 Å². The van der Waals surface area contributed by atoms with Gasteiger partial charge in [0.25, 0.3) is 0 Å². The summed E-state index contributed by atoms with van der Waals surface area (Å²) in [5.74, 6) is 0.630. The molecule has 1 aromatic rings. The van der Waals surface area contributed by atoms with Crippen LogP contribution in [-0.4, -0.2) is 47.8 Å². The highest BCUT2D eigenvalue weighted by atomic mass is 16.5. The van der Waals surface area contributed by atoms with Crippen LogP contribution in [0.2, 0.25) is 0 Å². The topological polar surface area (TPSA) is 56.3 Å². The summed E-state index contributed by atoms with van der Waals surface area (Å²) in [6.07, 6.45) is 7.43. The number of aryl methyl sites for hydroxylation is 1. The Kier molecular flexibility index (Phi) is 6.01. The maximum absolute atomic E-state index is 6.02. The van der Waals surface area contributed by atoms with Crippen molar-refractivity contribution in [3.63, 3.8) is 0 Å². The van der Waals surface area contributed by atoms with Crippen molar-refractivity contribution < 1.29 is 4.74 Å². The molecule has 2 rings (SSSR count). The van der Waals surface area contributed by atoms with Gasteiger partial charge in [-0.1, -0.05) is 6.92 Å². The molecule has 0 aliphatic carbocycles. The Morgan fingerprint density at radius 2 is 2.45 bits per heavy atom. The lowest BCUT2D eigenvalue weighted by Crippen LogP contribution is -2.37. The molecule has 1 aliphatic rings. The zero-order valence-corrected chi connectivity index (χ0v) is 12.8. The third-order valence-electron chi connectivity index (χ3n) is 4.11. The first-order chi connectivity index (χ1) is 9.76. The largest absolute Gasteiger partial charge is 0.381 e. The summed E-state index contributed by atoms with van der Waals surface area (Å²) >= 11 is 0. The van der Waals surface area contributed by atoms with E-state index in [9.17, 15) is 0 Å². The standard InChI is InChI=1S/C15H28N4O/c1-3-6-19-12-17-9-15(19)14(8-16)18(2)10-13-5-4-7-20-11-13/h9,12-14H,3-8,10-11,16H2,1-2H3. The van der Waals surface area contributed by atoms with E-state index in [0.29, 0.717) is 12.5 Å². The Morgan fingerprint density at radius 3 is 3.10 bits per heavy atom. The van der Waals surface area contributed by atoms with Gasteiger partial charge >= 0.3 is 0 Å². The zero-order valence-electron chi connectivity index (χ0n) is 12.8. The number of ether oxygens (including phenoxy) is 1. The van der Waals surface area contributed by atoms with Crippen LogP contribution in [0.5, 0.6) is 0 Å². The van der Waals surface area contributed by atoms with Gasteiger partial charge in [0, 0.05) is 32.4 Å². The lowest BCUT2D eigenvalue weighted by atomic mass is 10.0. The Labute approximate surface area is 122 Å². The first-order valence-corrected chi connectivity index (χ1v) is 7.74. The summed E-state index contributed by atoms with van der Waals surface area (Å²) in [7, 11) is 2.16. The molecule has 114 valence electrons. The van der Waals surface area contributed by atoms with Gasteiger partial charge < -0.3 is 15.0 Å². The molecule has 0 aromatic carbocycles. The van der Waals surface area contributed by atoms with E-state index < -0.39 is 0 Å². The molecular formula is C15H28N4O. The fraction of sp³-hybridized carbons (Fsp3) is 0.800. The second-order valence-corrected chi connectivity index (χ2v) is 5.79. The number of hydrogen-bond donors (Lipinski definition) is 1. The van der Waals surface area contributed by atoms with Crippen LogP contribution >= 0.6 is 0 Å². The van der Waals surface area contributed by atoms with E-state index in [1.54, 1.807) is 0 Å². The molecule has 1 saturated heterocycles. The van der Waals surface area contributed by atoms with Crippen LogP contribution in [0, 0.1) is 5.92 Å². The summed E-state index contributed by atoms with van der Waals surface area (Å²) in [5, 5.41) is 0. The summed E-state index contributed by atoms with van der Waals surface area (Å²) < 4.78 is 7.80. The molecule has 0 spiro atoms. The van der Waals surface area contributed by atoms with Gasteiger partial charge in [-0.25, -0.2) is 4.98 Å². The summed E-state index contributed by atoms with van der Waals surface area (Å²) in [6, 6.07) is 0.242. The number of rotatable bonds is 7. The smallest absolute Gasteiger partial charge is 0.0948 e. The molecule has 2 N–H and O–H groups in total. The van der Waals surface area contributed by atoms with Gasteiger partial charge in [0.15, 0.2) is 0 Å². The summed E-state index contributed by atoms with van der Waals surface area (Å²) in [5.41, 5.74) is 7.25. The molecular weight excluding hydrogens is 252 g/mol. The van der Waals surface area contributed by atoms with E-state index in [1.165, 1.54) is 18.5 Å². The predicted octanol–water partition coefficient (Wildman–Crippen LogP) is 1.65. The third kappa shape index (κ3) is 3.81. The fourth-order valence-electron chi connectivity index (χ4n) is 3.05. The van der Waals surface area contributed by atoms with Crippen molar-refractivity contribution >= 4 is 0 Å². The average Bonchev–Trinajstić information content (AvgIpc) is 2.89. The second-order valence-electron chi connectivity index (χ2n) is 5.79. The maximum atomic E-state index is 6.02. The third-order valence-corrected chi connectivity index (χ3v) is 4.11. The molecule has 0 amide bonds. The molecule has 20 heavy (non-hydrogen) atoms. The molecule has 2 atom stereocenters. The lowest BCUT2D eigenvalue weighted by Gasteiger charge is -2.32. The first kappa shape index (κ1) is 15.5. The predicted molar refractivity (Wildman–Crippen MR) is 80.5 cm³/mol. The highest BCUT2D eigenvalue weighted by Crippen LogP contribution is 2.22. The van der Waals surface area contributed by atoms with Crippen LogP contribution in [0.15, 0.2) is 12.5 Å². The number of aromatic nitrogens is 2. The quantitative estimate of drug-likeness (QED) is 0.825. The van der Waals surface area contributed by atoms with Gasteiger partial charge in [-0.15, -0.1) is 0 Å². The minimum atomic E-state index is 0.242. The Morgan fingerprint density at radius 1 is 1.60 bits per heavy atom. The van der Waals surface area contributed by atoms with Crippen molar-refractivity contribution in [2.75, 3.05) is 33.4 Å². The normalized spacial score (nSPS) is 21.3. The lowest BCUT2D eigenvalue weighted by molar-refractivity contribution is 0.0360. The number of hydrogen-bond acceptors (Lipinski definition) is 4. The SMILES string of the molecule is CCCn1cncc1C(CN)N(C)CC1CCCOC1. The van der Waals surface area contributed by atoms with Gasteiger partial charge in [0.2, 0.25) is 0 Å². The van der Waals surface area contributed by atoms with Gasteiger partial charge in [-0.3, -0.25) is 4.90 Å². The second kappa shape index (κ2) is 7.76. The van der Waals surface area contributed by atoms with Gasteiger partial charge in [0.05, 0.1) is 24.7 Å². The maximum Gasteiger partial charge on any atom is 0.0948 e. The van der Waals surface area contributed by atoms with Crippen molar-refractivity contribution in [3.05, 3.63) is 18.2 Å². The molecule has 1 fully saturated rings. The highest BCUT2D eigenvalue weighted by Gasteiger charge is 2.23. The van der Waals surface area contributed by atoms with E-state index in [-0.39, 0.29) is 6.04 Å². The van der Waals surface area contributed by atoms with Crippen molar-refractivity contribution in [2.45, 2.75) is 38.8 Å². The molecule has 1 aromatic heterocycles. The molecule has 0 radical (unpaired) electrons. The monoisotopic (exact) mass is 280 g/mol. The van der Waals surface area contributed by atoms with E-state index in [0.717, 1.165) is 32.7 Å². The minimum absolute atomic E-state index is 0.242. The van der Waals surface area contributed by atoms with Crippen molar-refractivity contribution in [1.82, 2.24) is 14.5 Å². The van der Waals surface area contributed by atoms with E-state index in [4.69, 9.17) is 10.5 Å². The Hall–Kier alpha value is -0.910. The molecule has 5 nitrogen and oxygen atoms in total.